The van der Waals surface area contributed by atoms with Gasteiger partial charge in [0.1, 0.15) is 5.82 Å². The molecule has 4 heteroatoms. The largest absolute Gasteiger partial charge is 0.357 e. The van der Waals surface area contributed by atoms with E-state index in [9.17, 15) is 0 Å². The Morgan fingerprint density at radius 1 is 1.47 bits per heavy atom. The van der Waals surface area contributed by atoms with Crippen LogP contribution in [-0.2, 0) is 7.05 Å². The molecule has 2 aromatic rings. The van der Waals surface area contributed by atoms with E-state index in [-0.39, 0.29) is 0 Å². The molecule has 2 rings (SSSR count). The summed E-state index contributed by atoms with van der Waals surface area (Å²) < 4.78 is 1.96. The summed E-state index contributed by atoms with van der Waals surface area (Å²) in [5, 5.41) is 0.585. The highest BCUT2D eigenvalue weighted by Crippen LogP contribution is 2.24. The van der Waals surface area contributed by atoms with Crippen LogP contribution in [0.3, 0.4) is 0 Å². The lowest BCUT2D eigenvalue weighted by Crippen LogP contribution is -1.90. The van der Waals surface area contributed by atoms with Gasteiger partial charge in [-0.3, -0.25) is 0 Å². The maximum absolute atomic E-state index is 6.01. The zero-order valence-corrected chi connectivity index (χ0v) is 11.1. The van der Waals surface area contributed by atoms with Crippen molar-refractivity contribution in [3.8, 4) is 11.3 Å². The van der Waals surface area contributed by atoms with Gasteiger partial charge in [-0.2, -0.15) is 0 Å². The van der Waals surface area contributed by atoms with Crippen molar-refractivity contribution in [2.45, 2.75) is 13.8 Å². The minimum absolute atomic E-state index is 0.585. The van der Waals surface area contributed by atoms with Crippen LogP contribution in [0.5, 0.6) is 0 Å². The van der Waals surface area contributed by atoms with Crippen LogP contribution in [0.2, 0.25) is 5.02 Å². The average Bonchev–Trinajstić information content (AvgIpc) is 2.70. The van der Waals surface area contributed by atoms with Gasteiger partial charge >= 0.3 is 0 Å². The van der Waals surface area contributed by atoms with E-state index < -0.39 is 0 Å². The van der Waals surface area contributed by atoms with E-state index in [1.54, 1.807) is 12.3 Å². The monoisotopic (exact) mass is 249 g/mol. The lowest BCUT2D eigenvalue weighted by atomic mass is 10.2. The van der Waals surface area contributed by atoms with Crippen LogP contribution in [-0.4, -0.2) is 14.5 Å². The van der Waals surface area contributed by atoms with Crippen molar-refractivity contribution in [3.05, 3.63) is 48.2 Å². The molecule has 0 saturated carbocycles. The number of allylic oxidation sites excluding steroid dienone is 1. The van der Waals surface area contributed by atoms with E-state index in [4.69, 9.17) is 11.6 Å². The highest BCUT2D eigenvalue weighted by Gasteiger charge is 2.06. The zero-order valence-electron chi connectivity index (χ0n) is 10.3. The number of nitrogens with zero attached hydrogens (tertiary/aromatic N) is 3. The number of halogens is 1. The van der Waals surface area contributed by atoms with Gasteiger partial charge < -0.3 is 4.57 Å². The van der Waals surface area contributed by atoms with Crippen LogP contribution in [0.15, 0.2) is 37.3 Å². The molecule has 0 amide bonds. The molecule has 3 nitrogen and oxygen atoms in total. The molecule has 0 atom stereocenters. The second-order valence-corrected chi connectivity index (χ2v) is 3.99. The van der Waals surface area contributed by atoms with Crippen LogP contribution >= 0.6 is 11.6 Å². The molecule has 0 aliphatic heterocycles. The van der Waals surface area contributed by atoms with Crippen molar-refractivity contribution in [2.24, 2.45) is 7.05 Å². The molecule has 2 heterocycles. The Bertz CT molecular complexity index is 503. The van der Waals surface area contributed by atoms with Gasteiger partial charge in [-0.25, -0.2) is 9.97 Å². The maximum Gasteiger partial charge on any atom is 0.125 e. The standard InChI is InChI=1S/C10H10ClN3.C3H6/c1-7-12-5-9(11)10(13-7)8-3-4-14(2)6-8;1-3-2/h3-6H,1-2H3;3H,1H2,2H3. The highest BCUT2D eigenvalue weighted by molar-refractivity contribution is 6.32. The van der Waals surface area contributed by atoms with Gasteiger partial charge in [0, 0.05) is 31.2 Å². The van der Waals surface area contributed by atoms with Crippen LogP contribution < -0.4 is 0 Å². The number of aromatic nitrogens is 3. The van der Waals surface area contributed by atoms with E-state index in [0.29, 0.717) is 5.02 Å². The first-order chi connectivity index (χ1) is 8.08. The van der Waals surface area contributed by atoms with Crippen molar-refractivity contribution in [2.75, 3.05) is 0 Å². The molecule has 90 valence electrons. The van der Waals surface area contributed by atoms with E-state index in [1.165, 1.54) is 0 Å². The summed E-state index contributed by atoms with van der Waals surface area (Å²) in [5.41, 5.74) is 1.81. The molecule has 0 N–H and O–H groups in total. The smallest absolute Gasteiger partial charge is 0.125 e. The second-order valence-electron chi connectivity index (χ2n) is 3.59. The summed E-state index contributed by atoms with van der Waals surface area (Å²) in [5.74, 6) is 0.730. The molecule has 0 radical (unpaired) electrons. The summed E-state index contributed by atoms with van der Waals surface area (Å²) in [6, 6.07) is 1.98. The van der Waals surface area contributed by atoms with Crippen LogP contribution in [0.4, 0.5) is 0 Å². The quantitative estimate of drug-likeness (QED) is 0.723. The third-order valence-electron chi connectivity index (χ3n) is 1.97. The summed E-state index contributed by atoms with van der Waals surface area (Å²) in [4.78, 5) is 8.32. The van der Waals surface area contributed by atoms with Crippen LogP contribution in [0, 0.1) is 6.92 Å². The Labute approximate surface area is 107 Å². The van der Waals surface area contributed by atoms with Crippen molar-refractivity contribution in [3.63, 3.8) is 0 Å². The number of hydrogen-bond donors (Lipinski definition) is 0. The van der Waals surface area contributed by atoms with Gasteiger partial charge in [0.05, 0.1) is 10.7 Å². The fourth-order valence-corrected chi connectivity index (χ4v) is 1.50. The molecule has 0 aliphatic carbocycles. The van der Waals surface area contributed by atoms with E-state index in [0.717, 1.165) is 17.1 Å². The Morgan fingerprint density at radius 3 is 2.65 bits per heavy atom. The molecule has 0 unspecified atom stereocenters. The lowest BCUT2D eigenvalue weighted by Gasteiger charge is -2.00. The molecule has 17 heavy (non-hydrogen) atoms. The number of hydrogen-bond acceptors (Lipinski definition) is 2. The molecule has 0 spiro atoms. The number of aryl methyl sites for hydroxylation is 2. The van der Waals surface area contributed by atoms with Crippen molar-refractivity contribution in [1.29, 1.82) is 0 Å². The molecular weight excluding hydrogens is 234 g/mol. The first-order valence-corrected chi connectivity index (χ1v) is 5.64. The minimum atomic E-state index is 0.585. The molecule has 0 bridgehead atoms. The first-order valence-electron chi connectivity index (χ1n) is 5.27. The molecular formula is C13H16ClN3. The zero-order chi connectivity index (χ0) is 12.8. The molecule has 0 aliphatic rings. The van der Waals surface area contributed by atoms with Gasteiger partial charge in [0.25, 0.3) is 0 Å². The van der Waals surface area contributed by atoms with Gasteiger partial charge in [0.2, 0.25) is 0 Å². The van der Waals surface area contributed by atoms with Gasteiger partial charge in [0.15, 0.2) is 0 Å². The lowest BCUT2D eigenvalue weighted by molar-refractivity contribution is 0.928. The Balaban J connectivity index is 0.000000437. The molecule has 0 saturated heterocycles. The topological polar surface area (TPSA) is 30.7 Å². The Kier molecular flexibility index (Phi) is 4.91. The van der Waals surface area contributed by atoms with E-state index >= 15 is 0 Å². The molecule has 0 aromatic carbocycles. The summed E-state index contributed by atoms with van der Waals surface area (Å²) >= 11 is 6.01. The third-order valence-corrected chi connectivity index (χ3v) is 2.25. The minimum Gasteiger partial charge on any atom is -0.357 e. The summed E-state index contributed by atoms with van der Waals surface area (Å²) in [6.07, 6.45) is 7.32. The summed E-state index contributed by atoms with van der Waals surface area (Å²) in [6.45, 7) is 7.10. The van der Waals surface area contributed by atoms with Crippen molar-refractivity contribution < 1.29 is 0 Å². The molecule has 2 aromatic heterocycles. The summed E-state index contributed by atoms with van der Waals surface area (Å²) in [7, 11) is 1.96. The van der Waals surface area contributed by atoms with Crippen molar-refractivity contribution in [1.82, 2.24) is 14.5 Å². The normalized spacial score (nSPS) is 9.41. The van der Waals surface area contributed by atoms with Crippen LogP contribution in [0.25, 0.3) is 11.3 Å². The second kappa shape index (κ2) is 6.21. The van der Waals surface area contributed by atoms with Gasteiger partial charge in [-0.05, 0) is 19.9 Å². The Hall–Kier alpha value is -1.61. The van der Waals surface area contributed by atoms with Crippen molar-refractivity contribution >= 4 is 11.6 Å². The fraction of sp³-hybridized carbons (Fsp3) is 0.231. The van der Waals surface area contributed by atoms with Gasteiger partial charge in [-0.1, -0.05) is 17.7 Å². The third kappa shape index (κ3) is 3.71. The Morgan fingerprint density at radius 2 is 2.12 bits per heavy atom. The highest BCUT2D eigenvalue weighted by atomic mass is 35.5. The number of rotatable bonds is 1. The first kappa shape index (κ1) is 13.5. The average molecular weight is 250 g/mol. The predicted molar refractivity (Wildman–Crippen MR) is 72.1 cm³/mol. The van der Waals surface area contributed by atoms with E-state index in [2.05, 4.69) is 16.5 Å². The van der Waals surface area contributed by atoms with Gasteiger partial charge in [-0.15, -0.1) is 6.58 Å². The van der Waals surface area contributed by atoms with Crippen LogP contribution in [0.1, 0.15) is 12.7 Å². The fourth-order valence-electron chi connectivity index (χ4n) is 1.30. The molecule has 0 fully saturated rings. The SMILES string of the molecule is C=CC.Cc1ncc(Cl)c(-c2ccn(C)c2)n1. The maximum atomic E-state index is 6.01. The predicted octanol–water partition coefficient (Wildman–Crippen LogP) is 3.64. The van der Waals surface area contributed by atoms with E-state index in [1.807, 2.05) is 43.9 Å².